The van der Waals surface area contributed by atoms with Gasteiger partial charge in [0.15, 0.2) is 0 Å². The Hall–Kier alpha value is -2.10. The fraction of sp³-hybridized carbons (Fsp3) is 0.231. The van der Waals surface area contributed by atoms with Crippen LogP contribution in [-0.4, -0.2) is 20.9 Å². The van der Waals surface area contributed by atoms with E-state index in [1.165, 1.54) is 0 Å². The van der Waals surface area contributed by atoms with Gasteiger partial charge in [-0.05, 0) is 44.5 Å². The zero-order valence-electron chi connectivity index (χ0n) is 10.1. The number of aromatic carboxylic acids is 1. The van der Waals surface area contributed by atoms with E-state index in [4.69, 9.17) is 5.11 Å². The van der Waals surface area contributed by atoms with Crippen LogP contribution in [0.1, 0.15) is 27.3 Å². The quantitative estimate of drug-likeness (QED) is 0.862. The number of carboxylic acids is 1. The normalized spacial score (nSPS) is 10.5. The van der Waals surface area contributed by atoms with E-state index in [0.717, 1.165) is 22.6 Å². The lowest BCUT2D eigenvalue weighted by Crippen LogP contribution is -2.04. The van der Waals surface area contributed by atoms with Crippen LogP contribution in [0.3, 0.4) is 0 Å². The lowest BCUT2D eigenvalue weighted by molar-refractivity contribution is 0.0697. The van der Waals surface area contributed by atoms with Crippen LogP contribution in [0, 0.1) is 20.8 Å². The first-order chi connectivity index (χ1) is 7.99. The Kier molecular flexibility index (Phi) is 2.71. The molecule has 2 aromatic rings. The number of benzene rings is 1. The van der Waals surface area contributed by atoms with Gasteiger partial charge < -0.3 is 5.11 Å². The molecule has 0 aliphatic heterocycles. The summed E-state index contributed by atoms with van der Waals surface area (Å²) >= 11 is 0. The molecule has 0 fully saturated rings. The van der Waals surface area contributed by atoms with E-state index >= 15 is 0 Å². The molecule has 0 unspecified atom stereocenters. The van der Waals surface area contributed by atoms with E-state index in [0.29, 0.717) is 0 Å². The van der Waals surface area contributed by atoms with Crippen molar-refractivity contribution in [1.82, 2.24) is 9.78 Å². The predicted octanol–water partition coefficient (Wildman–Crippen LogP) is 2.50. The second kappa shape index (κ2) is 4.05. The van der Waals surface area contributed by atoms with E-state index in [1.807, 2.05) is 26.8 Å². The van der Waals surface area contributed by atoms with Gasteiger partial charge in [-0.3, -0.25) is 0 Å². The SMILES string of the molecule is Cc1cc(C)n(-c2cc(C(=O)O)ccc2C)n1. The third-order valence-electron chi connectivity index (χ3n) is 2.69. The van der Waals surface area contributed by atoms with E-state index in [9.17, 15) is 4.79 Å². The first kappa shape index (κ1) is 11.4. The molecule has 0 spiro atoms. The summed E-state index contributed by atoms with van der Waals surface area (Å²) in [6.07, 6.45) is 0. The number of rotatable bonds is 2. The molecule has 4 heteroatoms. The van der Waals surface area contributed by atoms with Crippen LogP contribution < -0.4 is 0 Å². The molecule has 0 saturated carbocycles. The maximum atomic E-state index is 11.0. The summed E-state index contributed by atoms with van der Waals surface area (Å²) in [6, 6.07) is 7.02. The van der Waals surface area contributed by atoms with Crippen molar-refractivity contribution in [2.75, 3.05) is 0 Å². The first-order valence-electron chi connectivity index (χ1n) is 5.36. The standard InChI is InChI=1S/C13H14N2O2/c1-8-4-5-11(13(16)17)7-12(8)15-10(3)6-9(2)14-15/h4-7H,1-3H3,(H,16,17). The van der Waals surface area contributed by atoms with Gasteiger partial charge in [-0.2, -0.15) is 5.10 Å². The maximum Gasteiger partial charge on any atom is 0.335 e. The molecule has 17 heavy (non-hydrogen) atoms. The van der Waals surface area contributed by atoms with Crippen LogP contribution in [-0.2, 0) is 0 Å². The molecule has 0 bridgehead atoms. The summed E-state index contributed by atoms with van der Waals surface area (Å²) in [7, 11) is 0. The van der Waals surface area contributed by atoms with Gasteiger partial charge in [0.05, 0.1) is 16.9 Å². The Morgan fingerprint density at radius 2 is 1.94 bits per heavy atom. The largest absolute Gasteiger partial charge is 0.478 e. The molecule has 0 amide bonds. The van der Waals surface area contributed by atoms with Gasteiger partial charge in [0.2, 0.25) is 0 Å². The van der Waals surface area contributed by atoms with Crippen molar-refractivity contribution < 1.29 is 9.90 Å². The highest BCUT2D eigenvalue weighted by molar-refractivity contribution is 5.88. The van der Waals surface area contributed by atoms with Crippen LogP contribution >= 0.6 is 0 Å². The third kappa shape index (κ3) is 2.06. The minimum atomic E-state index is -0.923. The molecule has 0 aliphatic rings. The Balaban J connectivity index is 2.62. The highest BCUT2D eigenvalue weighted by Crippen LogP contribution is 2.18. The second-order valence-electron chi connectivity index (χ2n) is 4.15. The minimum Gasteiger partial charge on any atom is -0.478 e. The molecule has 2 rings (SSSR count). The molecular formula is C13H14N2O2. The van der Waals surface area contributed by atoms with Crippen molar-refractivity contribution >= 4 is 5.97 Å². The van der Waals surface area contributed by atoms with Gasteiger partial charge in [0.1, 0.15) is 0 Å². The Labute approximate surface area is 99.5 Å². The molecule has 4 nitrogen and oxygen atoms in total. The number of hydrogen-bond donors (Lipinski definition) is 1. The molecule has 1 aromatic carbocycles. The van der Waals surface area contributed by atoms with Crippen molar-refractivity contribution in [3.05, 3.63) is 46.8 Å². The molecule has 88 valence electrons. The number of carbonyl (C=O) groups is 1. The molecule has 1 N–H and O–H groups in total. The topological polar surface area (TPSA) is 55.1 Å². The van der Waals surface area contributed by atoms with Crippen molar-refractivity contribution in [2.24, 2.45) is 0 Å². The van der Waals surface area contributed by atoms with E-state index in [2.05, 4.69) is 5.10 Å². The summed E-state index contributed by atoms with van der Waals surface area (Å²) in [5.41, 5.74) is 4.01. The number of carboxylic acid groups (broad SMARTS) is 1. The molecule has 0 saturated heterocycles. The Morgan fingerprint density at radius 3 is 2.47 bits per heavy atom. The average molecular weight is 230 g/mol. The fourth-order valence-corrected chi connectivity index (χ4v) is 1.84. The van der Waals surface area contributed by atoms with Gasteiger partial charge in [-0.1, -0.05) is 6.07 Å². The van der Waals surface area contributed by atoms with Gasteiger partial charge >= 0.3 is 5.97 Å². The predicted molar refractivity (Wildman–Crippen MR) is 64.7 cm³/mol. The van der Waals surface area contributed by atoms with E-state index < -0.39 is 5.97 Å². The zero-order valence-corrected chi connectivity index (χ0v) is 10.1. The lowest BCUT2D eigenvalue weighted by atomic mass is 10.1. The summed E-state index contributed by atoms with van der Waals surface area (Å²) in [5, 5.41) is 13.4. The summed E-state index contributed by atoms with van der Waals surface area (Å²) in [6.45, 7) is 5.81. The Morgan fingerprint density at radius 1 is 1.24 bits per heavy atom. The van der Waals surface area contributed by atoms with E-state index in [-0.39, 0.29) is 5.56 Å². The second-order valence-corrected chi connectivity index (χ2v) is 4.15. The first-order valence-corrected chi connectivity index (χ1v) is 5.36. The maximum absolute atomic E-state index is 11.0. The number of aromatic nitrogens is 2. The lowest BCUT2D eigenvalue weighted by Gasteiger charge is -2.09. The minimum absolute atomic E-state index is 0.276. The molecule has 0 aliphatic carbocycles. The highest BCUT2D eigenvalue weighted by Gasteiger charge is 2.10. The van der Waals surface area contributed by atoms with Crippen LogP contribution in [0.25, 0.3) is 5.69 Å². The van der Waals surface area contributed by atoms with Crippen molar-refractivity contribution in [2.45, 2.75) is 20.8 Å². The van der Waals surface area contributed by atoms with E-state index in [1.54, 1.807) is 22.9 Å². The monoisotopic (exact) mass is 230 g/mol. The average Bonchev–Trinajstić information content (AvgIpc) is 2.58. The number of nitrogens with zero attached hydrogens (tertiary/aromatic N) is 2. The molecule has 0 radical (unpaired) electrons. The van der Waals surface area contributed by atoms with Gasteiger partial charge in [-0.15, -0.1) is 0 Å². The van der Waals surface area contributed by atoms with Crippen LogP contribution in [0.5, 0.6) is 0 Å². The van der Waals surface area contributed by atoms with Crippen molar-refractivity contribution in [1.29, 1.82) is 0 Å². The van der Waals surface area contributed by atoms with Gasteiger partial charge in [-0.25, -0.2) is 9.48 Å². The number of hydrogen-bond acceptors (Lipinski definition) is 2. The smallest absolute Gasteiger partial charge is 0.335 e. The van der Waals surface area contributed by atoms with Gasteiger partial charge in [0, 0.05) is 5.69 Å². The van der Waals surface area contributed by atoms with Crippen LogP contribution in [0.15, 0.2) is 24.3 Å². The molecule has 0 atom stereocenters. The highest BCUT2D eigenvalue weighted by atomic mass is 16.4. The van der Waals surface area contributed by atoms with Crippen molar-refractivity contribution in [3.63, 3.8) is 0 Å². The number of aryl methyl sites for hydroxylation is 3. The fourth-order valence-electron chi connectivity index (χ4n) is 1.84. The van der Waals surface area contributed by atoms with Crippen LogP contribution in [0.2, 0.25) is 0 Å². The Bertz CT molecular complexity index is 585. The summed E-state index contributed by atoms with van der Waals surface area (Å²) in [5.74, 6) is -0.923. The molecular weight excluding hydrogens is 216 g/mol. The summed E-state index contributed by atoms with van der Waals surface area (Å²) < 4.78 is 1.77. The summed E-state index contributed by atoms with van der Waals surface area (Å²) in [4.78, 5) is 11.0. The molecule has 1 heterocycles. The molecule has 1 aromatic heterocycles. The third-order valence-corrected chi connectivity index (χ3v) is 2.69. The zero-order chi connectivity index (χ0) is 12.6. The van der Waals surface area contributed by atoms with Crippen LogP contribution in [0.4, 0.5) is 0 Å². The van der Waals surface area contributed by atoms with Crippen molar-refractivity contribution in [3.8, 4) is 5.69 Å². The van der Waals surface area contributed by atoms with Gasteiger partial charge in [0.25, 0.3) is 0 Å².